The molecule has 0 aromatic rings. The molecule has 0 heterocycles. The first-order valence-electron chi connectivity index (χ1n) is 6.77. The van der Waals surface area contributed by atoms with Gasteiger partial charge in [0.25, 0.3) is 0 Å². The summed E-state index contributed by atoms with van der Waals surface area (Å²) in [6, 6.07) is 0.329. The zero-order valence-electron chi connectivity index (χ0n) is 12.2. The van der Waals surface area contributed by atoms with Crippen molar-refractivity contribution in [1.82, 2.24) is 10.2 Å². The normalized spacial score (nSPS) is 17.2. The number of amides is 2. The molecule has 0 spiro atoms. The Morgan fingerprint density at radius 2 is 1.89 bits per heavy atom. The highest BCUT2D eigenvalue weighted by Gasteiger charge is 2.32. The van der Waals surface area contributed by atoms with E-state index in [9.17, 15) is 9.59 Å². The van der Waals surface area contributed by atoms with E-state index < -0.39 is 5.41 Å². The van der Waals surface area contributed by atoms with Gasteiger partial charge in [0.1, 0.15) is 0 Å². The number of hydrogen-bond donors (Lipinski definition) is 1. The average Bonchev–Trinajstić information content (AvgIpc) is 3.09. The third kappa shape index (κ3) is 4.31. The van der Waals surface area contributed by atoms with E-state index in [0.29, 0.717) is 24.9 Å². The van der Waals surface area contributed by atoms with Crippen LogP contribution in [0.3, 0.4) is 0 Å². The highest BCUT2D eigenvalue weighted by atomic mass is 16.2. The Hall–Kier alpha value is -1.06. The molecule has 1 unspecified atom stereocenters. The van der Waals surface area contributed by atoms with Gasteiger partial charge in [0.05, 0.1) is 0 Å². The fourth-order valence-corrected chi connectivity index (χ4v) is 1.85. The zero-order chi connectivity index (χ0) is 13.9. The van der Waals surface area contributed by atoms with Crippen LogP contribution < -0.4 is 5.32 Å². The lowest BCUT2D eigenvalue weighted by Crippen LogP contribution is -2.40. The summed E-state index contributed by atoms with van der Waals surface area (Å²) in [5.41, 5.74) is -0.393. The fourth-order valence-electron chi connectivity index (χ4n) is 1.85. The van der Waals surface area contributed by atoms with Crippen molar-refractivity contribution in [2.24, 2.45) is 11.3 Å². The maximum absolute atomic E-state index is 11.9. The Morgan fingerprint density at radius 3 is 2.33 bits per heavy atom. The second-order valence-electron chi connectivity index (χ2n) is 6.34. The SMILES string of the molecule is CC(C1CC1)N(C)C(=O)CCNC(=O)C(C)(C)C. The molecular weight excluding hydrogens is 228 g/mol. The minimum absolute atomic E-state index is 0.00630. The van der Waals surface area contributed by atoms with Gasteiger partial charge in [-0.15, -0.1) is 0 Å². The van der Waals surface area contributed by atoms with Gasteiger partial charge < -0.3 is 10.2 Å². The van der Waals surface area contributed by atoms with E-state index >= 15 is 0 Å². The van der Waals surface area contributed by atoms with Gasteiger partial charge in [-0.05, 0) is 25.7 Å². The Kier molecular flexibility index (Phi) is 4.77. The lowest BCUT2D eigenvalue weighted by molar-refractivity contribution is -0.132. The fraction of sp³-hybridized carbons (Fsp3) is 0.857. The van der Waals surface area contributed by atoms with Crippen molar-refractivity contribution in [3.8, 4) is 0 Å². The summed E-state index contributed by atoms with van der Waals surface area (Å²) < 4.78 is 0. The zero-order valence-corrected chi connectivity index (χ0v) is 12.2. The van der Waals surface area contributed by atoms with Crippen LogP contribution in [0.4, 0.5) is 0 Å². The molecule has 1 aliphatic carbocycles. The Bertz CT molecular complexity index is 316. The topological polar surface area (TPSA) is 49.4 Å². The second kappa shape index (κ2) is 5.72. The molecule has 1 fully saturated rings. The molecule has 1 saturated carbocycles. The van der Waals surface area contributed by atoms with E-state index in [0.717, 1.165) is 0 Å². The molecule has 1 aliphatic rings. The lowest BCUT2D eigenvalue weighted by atomic mass is 9.96. The molecule has 0 aromatic heterocycles. The van der Waals surface area contributed by atoms with Gasteiger partial charge in [-0.25, -0.2) is 0 Å². The number of rotatable bonds is 5. The summed E-state index contributed by atoms with van der Waals surface area (Å²) in [6.45, 7) is 8.13. The molecule has 0 aliphatic heterocycles. The number of hydrogen-bond acceptors (Lipinski definition) is 2. The first-order valence-corrected chi connectivity index (χ1v) is 6.77. The van der Waals surface area contributed by atoms with Crippen molar-refractivity contribution in [3.05, 3.63) is 0 Å². The standard InChI is InChI=1S/C14H26N2O2/c1-10(11-6-7-11)16(5)12(17)8-9-15-13(18)14(2,3)4/h10-11H,6-9H2,1-5H3,(H,15,18). The van der Waals surface area contributed by atoms with Crippen LogP contribution in [0, 0.1) is 11.3 Å². The second-order valence-corrected chi connectivity index (χ2v) is 6.34. The molecule has 104 valence electrons. The van der Waals surface area contributed by atoms with Crippen LogP contribution in [0.15, 0.2) is 0 Å². The van der Waals surface area contributed by atoms with Gasteiger partial charge in [0.15, 0.2) is 0 Å². The molecule has 0 aromatic carbocycles. The molecule has 0 saturated heterocycles. The summed E-state index contributed by atoms with van der Waals surface area (Å²) in [7, 11) is 1.86. The van der Waals surface area contributed by atoms with Crippen LogP contribution in [0.5, 0.6) is 0 Å². The Balaban J connectivity index is 2.26. The van der Waals surface area contributed by atoms with Crippen molar-refractivity contribution in [2.75, 3.05) is 13.6 Å². The number of nitrogens with one attached hydrogen (secondary N) is 1. The van der Waals surface area contributed by atoms with Crippen molar-refractivity contribution >= 4 is 11.8 Å². The maximum atomic E-state index is 11.9. The first-order chi connectivity index (χ1) is 8.23. The average molecular weight is 254 g/mol. The molecular formula is C14H26N2O2. The predicted octanol–water partition coefficient (Wildman–Crippen LogP) is 1.80. The molecule has 18 heavy (non-hydrogen) atoms. The van der Waals surface area contributed by atoms with Gasteiger partial charge in [-0.1, -0.05) is 20.8 Å². The van der Waals surface area contributed by atoms with Crippen molar-refractivity contribution in [3.63, 3.8) is 0 Å². The number of nitrogens with zero attached hydrogens (tertiary/aromatic N) is 1. The Morgan fingerprint density at radius 1 is 1.33 bits per heavy atom. The summed E-state index contributed by atoms with van der Waals surface area (Å²) in [4.78, 5) is 25.4. The first kappa shape index (κ1) is 15.0. The van der Waals surface area contributed by atoms with Crippen molar-refractivity contribution < 1.29 is 9.59 Å². The highest BCUT2D eigenvalue weighted by Crippen LogP contribution is 2.34. The minimum atomic E-state index is -0.393. The van der Waals surface area contributed by atoms with Crippen LogP contribution in [-0.2, 0) is 9.59 Å². The van der Waals surface area contributed by atoms with Crippen molar-refractivity contribution in [1.29, 1.82) is 0 Å². The van der Waals surface area contributed by atoms with E-state index in [2.05, 4.69) is 12.2 Å². The van der Waals surface area contributed by atoms with Gasteiger partial charge >= 0.3 is 0 Å². The molecule has 2 amide bonds. The molecule has 4 heteroatoms. The summed E-state index contributed by atoms with van der Waals surface area (Å²) in [5.74, 6) is 0.792. The molecule has 1 N–H and O–H groups in total. The van der Waals surface area contributed by atoms with Gasteiger partial charge in [0.2, 0.25) is 11.8 Å². The largest absolute Gasteiger partial charge is 0.355 e. The number of carbonyl (C=O) groups is 2. The van der Waals surface area contributed by atoms with Crippen LogP contribution in [-0.4, -0.2) is 36.3 Å². The van der Waals surface area contributed by atoms with Crippen LogP contribution >= 0.6 is 0 Å². The molecule has 0 radical (unpaired) electrons. The van der Waals surface area contributed by atoms with Gasteiger partial charge in [-0.3, -0.25) is 9.59 Å². The van der Waals surface area contributed by atoms with Gasteiger partial charge in [0, 0.05) is 31.5 Å². The van der Waals surface area contributed by atoms with E-state index in [1.54, 1.807) is 0 Å². The maximum Gasteiger partial charge on any atom is 0.225 e. The number of carbonyl (C=O) groups excluding carboxylic acids is 2. The third-order valence-electron chi connectivity index (χ3n) is 3.61. The van der Waals surface area contributed by atoms with Gasteiger partial charge in [-0.2, -0.15) is 0 Å². The highest BCUT2D eigenvalue weighted by molar-refractivity contribution is 5.82. The van der Waals surface area contributed by atoms with Crippen LogP contribution in [0.2, 0.25) is 0 Å². The Labute approximate surface area is 110 Å². The monoisotopic (exact) mass is 254 g/mol. The molecule has 0 bridgehead atoms. The summed E-state index contributed by atoms with van der Waals surface area (Å²) in [6.07, 6.45) is 2.86. The van der Waals surface area contributed by atoms with E-state index in [-0.39, 0.29) is 11.8 Å². The third-order valence-corrected chi connectivity index (χ3v) is 3.61. The molecule has 1 atom stereocenters. The van der Waals surface area contributed by atoms with E-state index in [1.165, 1.54) is 12.8 Å². The van der Waals surface area contributed by atoms with E-state index in [1.807, 2.05) is 32.7 Å². The summed E-state index contributed by atoms with van der Waals surface area (Å²) in [5, 5.41) is 2.81. The minimum Gasteiger partial charge on any atom is -0.355 e. The molecule has 1 rings (SSSR count). The van der Waals surface area contributed by atoms with Crippen LogP contribution in [0.1, 0.15) is 47.0 Å². The smallest absolute Gasteiger partial charge is 0.225 e. The quantitative estimate of drug-likeness (QED) is 0.813. The summed E-state index contributed by atoms with van der Waals surface area (Å²) >= 11 is 0. The van der Waals surface area contributed by atoms with E-state index in [4.69, 9.17) is 0 Å². The molecule has 4 nitrogen and oxygen atoms in total. The van der Waals surface area contributed by atoms with Crippen LogP contribution in [0.25, 0.3) is 0 Å². The van der Waals surface area contributed by atoms with Crippen molar-refractivity contribution in [2.45, 2.75) is 53.0 Å². The lowest BCUT2D eigenvalue weighted by Gasteiger charge is -2.25. The predicted molar refractivity (Wildman–Crippen MR) is 72.0 cm³/mol.